The van der Waals surface area contributed by atoms with Gasteiger partial charge in [0, 0.05) is 18.7 Å². The van der Waals surface area contributed by atoms with Crippen LogP contribution in [0.15, 0.2) is 6.07 Å². The lowest BCUT2D eigenvalue weighted by molar-refractivity contribution is -0.0837. The zero-order valence-corrected chi connectivity index (χ0v) is 13.1. The second kappa shape index (κ2) is 6.10. The van der Waals surface area contributed by atoms with E-state index in [4.69, 9.17) is 27.9 Å². The molecule has 1 aromatic heterocycles. The lowest BCUT2D eigenvalue weighted by atomic mass is 9.75. The lowest BCUT2D eigenvalue weighted by Gasteiger charge is -2.43. The van der Waals surface area contributed by atoms with Crippen molar-refractivity contribution in [2.45, 2.75) is 44.2 Å². The van der Waals surface area contributed by atoms with Gasteiger partial charge >= 0.3 is 0 Å². The van der Waals surface area contributed by atoms with Gasteiger partial charge in [-0.2, -0.15) is 0 Å². The normalized spacial score (nSPS) is 19.6. The molecule has 1 aliphatic carbocycles. The smallest absolute Gasteiger partial charge is 0.0991 e. The number of thiophene rings is 1. The molecule has 0 amide bonds. The largest absolute Gasteiger partial charge is 0.378 e. The molecule has 1 aliphatic rings. The maximum absolute atomic E-state index is 6.26. The number of rotatable bonds is 6. The van der Waals surface area contributed by atoms with Crippen LogP contribution in [0.25, 0.3) is 0 Å². The highest BCUT2D eigenvalue weighted by Crippen LogP contribution is 2.44. The van der Waals surface area contributed by atoms with Gasteiger partial charge in [-0.1, -0.05) is 30.1 Å². The Morgan fingerprint density at radius 1 is 1.50 bits per heavy atom. The van der Waals surface area contributed by atoms with Gasteiger partial charge in [-0.3, -0.25) is 0 Å². The van der Waals surface area contributed by atoms with Gasteiger partial charge in [0.05, 0.1) is 14.3 Å². The molecule has 1 unspecified atom stereocenters. The van der Waals surface area contributed by atoms with Crippen molar-refractivity contribution in [3.63, 3.8) is 0 Å². The zero-order valence-electron chi connectivity index (χ0n) is 10.8. The molecule has 0 spiro atoms. The first-order valence-electron chi connectivity index (χ1n) is 6.33. The first-order valence-corrected chi connectivity index (χ1v) is 7.91. The van der Waals surface area contributed by atoms with E-state index in [0.717, 1.165) is 40.0 Å². The monoisotopic (exact) mass is 307 g/mol. The van der Waals surface area contributed by atoms with Crippen molar-refractivity contribution in [1.29, 1.82) is 0 Å². The lowest BCUT2D eigenvalue weighted by Crippen LogP contribution is -2.42. The predicted octanol–water partition coefficient (Wildman–Crippen LogP) is 4.66. The average Bonchev–Trinajstić information content (AvgIpc) is 2.61. The van der Waals surface area contributed by atoms with E-state index < -0.39 is 0 Å². The van der Waals surface area contributed by atoms with Crippen LogP contribution in [-0.2, 0) is 4.74 Å². The van der Waals surface area contributed by atoms with Crippen molar-refractivity contribution < 1.29 is 4.74 Å². The molecule has 1 aromatic rings. The van der Waals surface area contributed by atoms with Crippen LogP contribution in [0.1, 0.15) is 44.2 Å². The van der Waals surface area contributed by atoms with E-state index >= 15 is 0 Å². The Kier molecular flexibility index (Phi) is 4.95. The van der Waals surface area contributed by atoms with E-state index in [1.807, 2.05) is 13.2 Å². The van der Waals surface area contributed by atoms with E-state index in [1.165, 1.54) is 17.8 Å². The Hall–Kier alpha value is 0.200. The Morgan fingerprint density at radius 3 is 2.61 bits per heavy atom. The first kappa shape index (κ1) is 14.6. The van der Waals surface area contributed by atoms with Gasteiger partial charge in [0.1, 0.15) is 0 Å². The van der Waals surface area contributed by atoms with E-state index in [9.17, 15) is 0 Å². The van der Waals surface area contributed by atoms with Gasteiger partial charge in [0.2, 0.25) is 0 Å². The summed E-state index contributed by atoms with van der Waals surface area (Å²) in [6.45, 7) is 3.02. The predicted molar refractivity (Wildman–Crippen MR) is 79.0 cm³/mol. The summed E-state index contributed by atoms with van der Waals surface area (Å²) in [7, 11) is 1.81. The van der Waals surface area contributed by atoms with Crippen LogP contribution in [0, 0.1) is 0 Å². The van der Waals surface area contributed by atoms with Gasteiger partial charge < -0.3 is 10.1 Å². The van der Waals surface area contributed by atoms with Gasteiger partial charge in [-0.15, -0.1) is 11.3 Å². The maximum Gasteiger partial charge on any atom is 0.0991 e. The molecule has 1 saturated carbocycles. The van der Waals surface area contributed by atoms with Gasteiger partial charge in [-0.05, 0) is 38.3 Å². The highest BCUT2D eigenvalue weighted by molar-refractivity contribution is 7.20. The molecule has 1 N–H and O–H groups in total. The van der Waals surface area contributed by atoms with Crippen molar-refractivity contribution in [1.82, 2.24) is 5.32 Å². The van der Waals surface area contributed by atoms with Crippen molar-refractivity contribution in [3.8, 4) is 0 Å². The Balaban J connectivity index is 2.15. The average molecular weight is 308 g/mol. The highest BCUT2D eigenvalue weighted by Gasteiger charge is 2.39. The van der Waals surface area contributed by atoms with Crippen molar-refractivity contribution in [3.05, 3.63) is 20.3 Å². The van der Waals surface area contributed by atoms with Crippen LogP contribution in [0.2, 0.25) is 8.67 Å². The molecule has 0 aromatic carbocycles. The molecule has 1 fully saturated rings. The second-order valence-electron chi connectivity index (χ2n) is 4.83. The number of nitrogens with one attached hydrogen (secondary N) is 1. The molecule has 1 heterocycles. The summed E-state index contributed by atoms with van der Waals surface area (Å²) in [5, 5.41) is 3.49. The molecule has 2 nitrogen and oxygen atoms in total. The molecule has 2 rings (SSSR count). The topological polar surface area (TPSA) is 21.3 Å². The third-order valence-corrected chi connectivity index (χ3v) is 5.30. The SMILES string of the molecule is CCNC(CC1(OC)CCC1)c1cc(Cl)sc1Cl. The molecule has 0 bridgehead atoms. The number of hydrogen-bond donors (Lipinski definition) is 1. The summed E-state index contributed by atoms with van der Waals surface area (Å²) in [4.78, 5) is 0. The fourth-order valence-electron chi connectivity index (χ4n) is 2.56. The maximum atomic E-state index is 6.26. The first-order chi connectivity index (χ1) is 8.60. The molecule has 5 heteroatoms. The van der Waals surface area contributed by atoms with Crippen LogP contribution in [-0.4, -0.2) is 19.3 Å². The Bertz CT molecular complexity index is 398. The van der Waals surface area contributed by atoms with Gasteiger partial charge in [0.15, 0.2) is 0 Å². The molecule has 0 radical (unpaired) electrons. The molecule has 0 aliphatic heterocycles. The van der Waals surface area contributed by atoms with E-state index in [2.05, 4.69) is 12.2 Å². The van der Waals surface area contributed by atoms with Crippen molar-refractivity contribution >= 4 is 34.5 Å². The third kappa shape index (κ3) is 3.02. The van der Waals surface area contributed by atoms with Crippen molar-refractivity contribution in [2.75, 3.05) is 13.7 Å². The van der Waals surface area contributed by atoms with Crippen molar-refractivity contribution in [2.24, 2.45) is 0 Å². The molecule has 102 valence electrons. The van der Waals surface area contributed by atoms with Crippen LogP contribution >= 0.6 is 34.5 Å². The highest BCUT2D eigenvalue weighted by atomic mass is 35.5. The van der Waals surface area contributed by atoms with Crippen LogP contribution in [0.5, 0.6) is 0 Å². The number of ether oxygens (including phenoxy) is 1. The van der Waals surface area contributed by atoms with Gasteiger partial charge in [-0.25, -0.2) is 0 Å². The minimum absolute atomic E-state index is 0.0323. The van der Waals surface area contributed by atoms with Gasteiger partial charge in [0.25, 0.3) is 0 Å². The minimum atomic E-state index is 0.0323. The standard InChI is InChI=1S/C13H19Cl2NOS/c1-3-16-10(8-13(17-2)5-4-6-13)9-7-11(14)18-12(9)15/h7,10,16H,3-6,8H2,1-2H3. The second-order valence-corrected chi connectivity index (χ2v) is 7.12. The third-order valence-electron chi connectivity index (χ3n) is 3.78. The van der Waals surface area contributed by atoms with E-state index in [0.29, 0.717) is 0 Å². The molecule has 18 heavy (non-hydrogen) atoms. The van der Waals surface area contributed by atoms with E-state index in [-0.39, 0.29) is 11.6 Å². The Morgan fingerprint density at radius 2 is 2.22 bits per heavy atom. The summed E-state index contributed by atoms with van der Waals surface area (Å²) >= 11 is 13.7. The zero-order chi connectivity index (χ0) is 13.2. The minimum Gasteiger partial charge on any atom is -0.378 e. The Labute approximate surface area is 123 Å². The molecule has 0 saturated heterocycles. The molecular formula is C13H19Cl2NOS. The van der Waals surface area contributed by atoms with E-state index in [1.54, 1.807) is 0 Å². The summed E-state index contributed by atoms with van der Waals surface area (Å²) in [6.07, 6.45) is 4.50. The number of halogens is 2. The molecule has 1 atom stereocenters. The fraction of sp³-hybridized carbons (Fsp3) is 0.692. The number of hydrogen-bond acceptors (Lipinski definition) is 3. The summed E-state index contributed by atoms with van der Waals surface area (Å²) < 4.78 is 7.24. The summed E-state index contributed by atoms with van der Waals surface area (Å²) in [5.41, 5.74) is 1.14. The van der Waals surface area contributed by atoms with Crippen LogP contribution < -0.4 is 5.32 Å². The van der Waals surface area contributed by atoms with Crippen LogP contribution in [0.4, 0.5) is 0 Å². The van der Waals surface area contributed by atoms with Crippen LogP contribution in [0.3, 0.4) is 0 Å². The quantitative estimate of drug-likeness (QED) is 0.825. The number of methoxy groups -OCH3 is 1. The summed E-state index contributed by atoms with van der Waals surface area (Å²) in [6, 6.07) is 2.20. The summed E-state index contributed by atoms with van der Waals surface area (Å²) in [5.74, 6) is 0. The molecular weight excluding hydrogens is 289 g/mol. The fourth-order valence-corrected chi connectivity index (χ4v) is 4.14.